The lowest BCUT2D eigenvalue weighted by Gasteiger charge is -2.19. The highest BCUT2D eigenvalue weighted by molar-refractivity contribution is 5.95. The van der Waals surface area contributed by atoms with E-state index in [4.69, 9.17) is 14.2 Å². The predicted octanol–water partition coefficient (Wildman–Crippen LogP) is 3.59. The molecule has 35 heavy (non-hydrogen) atoms. The summed E-state index contributed by atoms with van der Waals surface area (Å²) in [7, 11) is 1.25. The van der Waals surface area contributed by atoms with Gasteiger partial charge in [0.15, 0.2) is 0 Å². The molecule has 0 saturated heterocycles. The van der Waals surface area contributed by atoms with E-state index in [0.29, 0.717) is 17.7 Å². The number of hydrogen-bond acceptors (Lipinski definition) is 7. The third kappa shape index (κ3) is 12.9. The van der Waals surface area contributed by atoms with Crippen LogP contribution in [0.5, 0.6) is 0 Å². The van der Waals surface area contributed by atoms with Crippen LogP contribution >= 0.6 is 0 Å². The lowest BCUT2D eigenvalue weighted by Crippen LogP contribution is -2.33. The average Bonchev–Trinajstić information content (AvgIpc) is 2.71. The fourth-order valence-corrected chi connectivity index (χ4v) is 2.56. The van der Waals surface area contributed by atoms with Crippen LogP contribution in [0.2, 0.25) is 0 Å². The summed E-state index contributed by atoms with van der Waals surface area (Å²) in [5, 5.41) is 7.84. The summed E-state index contributed by atoms with van der Waals surface area (Å²) in [5.74, 6) is 4.71. The molecule has 0 unspecified atom stereocenters. The first-order chi connectivity index (χ1) is 16.2. The molecule has 0 fully saturated rings. The van der Waals surface area contributed by atoms with Crippen LogP contribution in [0, 0.1) is 11.8 Å². The van der Waals surface area contributed by atoms with Crippen LogP contribution in [0.4, 0.5) is 15.3 Å². The van der Waals surface area contributed by atoms with Crippen molar-refractivity contribution in [1.29, 1.82) is 0 Å². The van der Waals surface area contributed by atoms with Crippen LogP contribution < -0.4 is 16.0 Å². The smallest absolute Gasteiger partial charge is 0.408 e. The Morgan fingerprint density at radius 3 is 2.09 bits per heavy atom. The highest BCUT2D eigenvalue weighted by Gasteiger charge is 2.17. The maximum atomic E-state index is 12.3. The molecule has 0 heterocycles. The van der Waals surface area contributed by atoms with Gasteiger partial charge in [0.05, 0.1) is 19.2 Å². The zero-order chi connectivity index (χ0) is 26.6. The van der Waals surface area contributed by atoms with Crippen molar-refractivity contribution < 1.29 is 33.4 Å². The quantitative estimate of drug-likeness (QED) is 0.231. The van der Waals surface area contributed by atoms with E-state index in [1.165, 1.54) is 13.2 Å². The number of nitrogens with one attached hydrogen (secondary N) is 3. The van der Waals surface area contributed by atoms with Crippen molar-refractivity contribution in [1.82, 2.24) is 10.6 Å². The van der Waals surface area contributed by atoms with Gasteiger partial charge < -0.3 is 30.2 Å². The molecule has 0 bridgehead atoms. The van der Waals surface area contributed by atoms with Gasteiger partial charge in [0.2, 0.25) is 5.91 Å². The van der Waals surface area contributed by atoms with Crippen molar-refractivity contribution >= 4 is 29.8 Å². The zero-order valence-corrected chi connectivity index (χ0v) is 21.4. The fraction of sp³-hybridized carbons (Fsp3) is 0.520. The molecule has 1 aromatic carbocycles. The summed E-state index contributed by atoms with van der Waals surface area (Å²) in [6.07, 6.45) is -0.577. The number of carbonyl (C=O) groups is 4. The molecule has 0 atom stereocenters. The lowest BCUT2D eigenvalue weighted by molar-refractivity contribution is -0.116. The normalized spacial score (nSPS) is 10.8. The van der Waals surface area contributed by atoms with Crippen molar-refractivity contribution in [3.8, 4) is 11.8 Å². The zero-order valence-electron chi connectivity index (χ0n) is 21.4. The van der Waals surface area contributed by atoms with Gasteiger partial charge in [-0.05, 0) is 66.2 Å². The number of benzene rings is 1. The van der Waals surface area contributed by atoms with Gasteiger partial charge in [-0.3, -0.25) is 4.79 Å². The third-order valence-corrected chi connectivity index (χ3v) is 3.90. The van der Waals surface area contributed by atoms with Crippen molar-refractivity contribution in [2.75, 3.05) is 25.5 Å². The number of anilines is 1. The monoisotopic (exact) mass is 489 g/mol. The van der Waals surface area contributed by atoms with E-state index in [-0.39, 0.29) is 31.0 Å². The number of rotatable bonds is 7. The number of alkyl carbamates (subject to hydrolysis) is 2. The second-order valence-corrected chi connectivity index (χ2v) is 9.49. The summed E-state index contributed by atoms with van der Waals surface area (Å²) in [4.78, 5) is 47.7. The highest BCUT2D eigenvalue weighted by Crippen LogP contribution is 2.17. The molecule has 0 spiro atoms. The van der Waals surface area contributed by atoms with Gasteiger partial charge in [-0.15, -0.1) is 0 Å². The SMILES string of the molecule is COC(=O)c1ccc(NC(=O)CCCNC(=O)OC(C)(C)C)cc1C#CCNC(=O)OC(C)(C)C. The van der Waals surface area contributed by atoms with E-state index in [9.17, 15) is 19.2 Å². The standard InChI is InChI=1S/C25H35N3O7/c1-24(2,3)34-22(31)26-14-8-10-17-16-18(12-13-19(17)21(30)33-7)28-20(29)11-9-15-27-23(32)35-25(4,5)6/h12-13,16H,9,11,14-15H2,1-7H3,(H,26,31)(H,27,32)(H,28,29). The van der Waals surface area contributed by atoms with Crippen molar-refractivity contribution in [3.63, 3.8) is 0 Å². The number of carbonyl (C=O) groups excluding carboxylic acids is 4. The van der Waals surface area contributed by atoms with Crippen molar-refractivity contribution in [2.45, 2.75) is 65.6 Å². The third-order valence-electron chi connectivity index (χ3n) is 3.90. The van der Waals surface area contributed by atoms with Gasteiger partial charge in [-0.2, -0.15) is 0 Å². The van der Waals surface area contributed by atoms with Gasteiger partial charge in [0, 0.05) is 24.2 Å². The van der Waals surface area contributed by atoms with Crippen molar-refractivity contribution in [2.24, 2.45) is 0 Å². The molecule has 0 saturated carbocycles. The number of methoxy groups -OCH3 is 1. The Bertz CT molecular complexity index is 979. The second-order valence-electron chi connectivity index (χ2n) is 9.49. The number of amides is 3. The summed E-state index contributed by atoms with van der Waals surface area (Å²) >= 11 is 0. The van der Waals surface area contributed by atoms with E-state index in [1.54, 1.807) is 53.7 Å². The van der Waals surface area contributed by atoms with E-state index in [0.717, 1.165) is 0 Å². The second kappa shape index (κ2) is 13.2. The molecule has 3 N–H and O–H groups in total. The predicted molar refractivity (Wildman–Crippen MR) is 131 cm³/mol. The number of esters is 1. The minimum Gasteiger partial charge on any atom is -0.465 e. The van der Waals surface area contributed by atoms with E-state index in [2.05, 4.69) is 27.8 Å². The maximum Gasteiger partial charge on any atom is 0.408 e. The average molecular weight is 490 g/mol. The summed E-state index contributed by atoms with van der Waals surface area (Å²) in [6.45, 7) is 10.8. The number of ether oxygens (including phenoxy) is 3. The van der Waals surface area contributed by atoms with E-state index < -0.39 is 29.4 Å². The molecule has 10 heteroatoms. The molecule has 192 valence electrons. The van der Waals surface area contributed by atoms with Crippen LogP contribution in [0.25, 0.3) is 0 Å². The first kappa shape index (κ1) is 29.3. The summed E-state index contributed by atoms with van der Waals surface area (Å²) in [6, 6.07) is 4.60. The molecule has 0 aliphatic rings. The Labute approximate surface area is 206 Å². The van der Waals surface area contributed by atoms with Gasteiger partial charge >= 0.3 is 18.2 Å². The number of hydrogen-bond donors (Lipinski definition) is 3. The summed E-state index contributed by atoms with van der Waals surface area (Å²) < 4.78 is 15.1. The van der Waals surface area contributed by atoms with Crippen LogP contribution in [-0.4, -0.2) is 55.5 Å². The topological polar surface area (TPSA) is 132 Å². The van der Waals surface area contributed by atoms with Gasteiger partial charge in [0.1, 0.15) is 11.2 Å². The van der Waals surface area contributed by atoms with Gasteiger partial charge in [-0.25, -0.2) is 14.4 Å². The first-order valence-electron chi connectivity index (χ1n) is 11.1. The molecule has 0 aliphatic heterocycles. The molecule has 0 radical (unpaired) electrons. The minimum atomic E-state index is -0.631. The minimum absolute atomic E-state index is 0.00321. The van der Waals surface area contributed by atoms with E-state index in [1.807, 2.05) is 0 Å². The Balaban J connectivity index is 2.72. The van der Waals surface area contributed by atoms with Crippen molar-refractivity contribution in [3.05, 3.63) is 29.3 Å². The Kier molecular flexibility index (Phi) is 11.1. The Morgan fingerprint density at radius 2 is 1.51 bits per heavy atom. The molecule has 10 nitrogen and oxygen atoms in total. The molecular formula is C25H35N3O7. The van der Waals surface area contributed by atoms with Gasteiger partial charge in [-0.1, -0.05) is 11.8 Å². The fourth-order valence-electron chi connectivity index (χ4n) is 2.56. The first-order valence-corrected chi connectivity index (χ1v) is 11.1. The molecule has 0 aliphatic carbocycles. The van der Waals surface area contributed by atoms with E-state index >= 15 is 0 Å². The molecule has 1 rings (SSSR count). The van der Waals surface area contributed by atoms with Crippen LogP contribution in [0.1, 0.15) is 70.3 Å². The highest BCUT2D eigenvalue weighted by atomic mass is 16.6. The lowest BCUT2D eigenvalue weighted by atomic mass is 10.1. The van der Waals surface area contributed by atoms with Crippen LogP contribution in [0.15, 0.2) is 18.2 Å². The Morgan fingerprint density at radius 1 is 0.914 bits per heavy atom. The van der Waals surface area contributed by atoms with Crippen LogP contribution in [0.3, 0.4) is 0 Å². The van der Waals surface area contributed by atoms with Crippen LogP contribution in [-0.2, 0) is 19.0 Å². The molecule has 3 amide bonds. The van der Waals surface area contributed by atoms with Gasteiger partial charge in [0.25, 0.3) is 0 Å². The Hall–Kier alpha value is -3.74. The molecular weight excluding hydrogens is 454 g/mol. The molecule has 0 aromatic heterocycles. The molecule has 1 aromatic rings. The summed E-state index contributed by atoms with van der Waals surface area (Å²) in [5.41, 5.74) is -0.241. The largest absolute Gasteiger partial charge is 0.465 e. The maximum absolute atomic E-state index is 12.3.